The summed E-state index contributed by atoms with van der Waals surface area (Å²) in [5.74, 6) is -0.00727. The molecule has 0 unspecified atom stereocenters. The Morgan fingerprint density at radius 3 is 2.62 bits per heavy atom. The zero-order chi connectivity index (χ0) is 20.4. The summed E-state index contributed by atoms with van der Waals surface area (Å²) in [6.45, 7) is 6.23. The molecule has 0 fully saturated rings. The number of aryl methyl sites for hydroxylation is 2. The molecule has 7 heteroatoms. The quantitative estimate of drug-likeness (QED) is 0.430. The van der Waals surface area contributed by atoms with Crippen molar-refractivity contribution in [3.05, 3.63) is 54.0 Å². The largest absolute Gasteiger partial charge is 0.463 e. The number of hydrogen-bond acceptors (Lipinski definition) is 5. The number of carbonyl (C=O) groups excluding carboxylic acids is 1. The summed E-state index contributed by atoms with van der Waals surface area (Å²) in [7, 11) is 0. The van der Waals surface area contributed by atoms with E-state index >= 15 is 0 Å². The molecule has 29 heavy (non-hydrogen) atoms. The molecule has 0 bridgehead atoms. The van der Waals surface area contributed by atoms with E-state index in [1.165, 1.54) is 11.8 Å². The number of fused-ring (bicyclic) bond motifs is 3. The van der Waals surface area contributed by atoms with E-state index in [2.05, 4.69) is 47.6 Å². The fraction of sp³-hybridized carbons (Fsp3) is 0.318. The second-order valence-corrected chi connectivity index (χ2v) is 8.06. The van der Waals surface area contributed by atoms with Crippen LogP contribution in [0.2, 0.25) is 0 Å². The molecule has 1 aromatic carbocycles. The van der Waals surface area contributed by atoms with Gasteiger partial charge in [-0.3, -0.25) is 9.20 Å². The third kappa shape index (κ3) is 3.62. The van der Waals surface area contributed by atoms with Crippen molar-refractivity contribution in [2.75, 3.05) is 5.32 Å². The molecule has 0 aliphatic rings. The minimum absolute atomic E-state index is 0.00727. The average Bonchev–Trinajstić information content (AvgIpc) is 3.34. The molecule has 1 atom stereocenters. The fourth-order valence-corrected chi connectivity index (χ4v) is 4.54. The third-order valence-electron chi connectivity index (χ3n) is 5.16. The number of anilines is 1. The minimum atomic E-state index is -0.272. The lowest BCUT2D eigenvalue weighted by atomic mass is 10.0. The molecule has 1 N–H and O–H groups in total. The molecule has 0 saturated heterocycles. The number of thioether (sulfide) groups is 1. The molecule has 0 radical (unpaired) electrons. The zero-order valence-electron chi connectivity index (χ0n) is 16.8. The molecule has 0 aliphatic heterocycles. The number of nitrogens with zero attached hydrogens (tertiary/aromatic N) is 3. The average molecular weight is 409 g/mol. The Labute approximate surface area is 173 Å². The normalized spacial score (nSPS) is 12.5. The van der Waals surface area contributed by atoms with Gasteiger partial charge in [0.25, 0.3) is 0 Å². The van der Waals surface area contributed by atoms with Crippen LogP contribution in [-0.4, -0.2) is 25.8 Å². The Morgan fingerprint density at radius 1 is 1.17 bits per heavy atom. The lowest BCUT2D eigenvalue weighted by molar-refractivity contribution is -0.115. The zero-order valence-corrected chi connectivity index (χ0v) is 17.6. The maximum absolute atomic E-state index is 13.1. The molecule has 6 nitrogen and oxygen atoms in total. The lowest BCUT2D eigenvalue weighted by Gasteiger charge is -2.18. The van der Waals surface area contributed by atoms with Crippen LogP contribution in [0.4, 0.5) is 5.69 Å². The SMILES string of the molecule is CCc1cccc(CC)c1NC(=O)[C@H](CC)Sc1nncn2c1cc1occc12. The summed E-state index contributed by atoms with van der Waals surface area (Å²) in [5, 5.41) is 12.1. The number of benzene rings is 1. The van der Waals surface area contributed by atoms with E-state index < -0.39 is 0 Å². The number of rotatable bonds is 7. The Morgan fingerprint density at radius 2 is 1.93 bits per heavy atom. The van der Waals surface area contributed by atoms with Gasteiger partial charge in [0.2, 0.25) is 5.91 Å². The Kier molecular flexibility index (Phi) is 5.58. The second-order valence-electron chi connectivity index (χ2n) is 6.87. The van der Waals surface area contributed by atoms with Gasteiger partial charge in [-0.2, -0.15) is 0 Å². The number of para-hydroxylation sites is 1. The van der Waals surface area contributed by atoms with Crippen LogP contribution in [0.5, 0.6) is 0 Å². The molecular formula is C22H24N4O2S. The first-order chi connectivity index (χ1) is 14.2. The first-order valence-electron chi connectivity index (χ1n) is 9.94. The Balaban J connectivity index is 1.62. The van der Waals surface area contributed by atoms with Gasteiger partial charge in [0.15, 0.2) is 5.58 Å². The Bertz CT molecular complexity index is 1140. The number of nitrogens with one attached hydrogen (secondary N) is 1. The van der Waals surface area contributed by atoms with Crippen molar-refractivity contribution in [1.29, 1.82) is 0 Å². The highest BCUT2D eigenvalue weighted by atomic mass is 32.2. The van der Waals surface area contributed by atoms with Gasteiger partial charge in [-0.15, -0.1) is 10.2 Å². The standard InChI is InChI=1S/C22H24N4O2S/c1-4-14-8-7-9-15(5-2)20(14)24-21(27)19(6-3)29-22-17-12-18-16(10-11-28-18)26(17)13-23-25-22/h7-13,19H,4-6H2,1-3H3,(H,24,27)/t19-/m0/s1. The van der Waals surface area contributed by atoms with Gasteiger partial charge in [-0.1, -0.05) is 50.7 Å². The van der Waals surface area contributed by atoms with E-state index in [0.717, 1.165) is 51.3 Å². The molecule has 0 saturated carbocycles. The van der Waals surface area contributed by atoms with Crippen LogP contribution < -0.4 is 5.32 Å². The predicted molar refractivity (Wildman–Crippen MR) is 117 cm³/mol. The summed E-state index contributed by atoms with van der Waals surface area (Å²) in [5.41, 5.74) is 5.89. The van der Waals surface area contributed by atoms with E-state index in [0.29, 0.717) is 6.42 Å². The van der Waals surface area contributed by atoms with E-state index in [1.54, 1.807) is 12.6 Å². The molecule has 4 rings (SSSR count). The predicted octanol–water partition coefficient (Wildman–Crippen LogP) is 5.11. The first kappa shape index (κ1) is 19.5. The molecule has 150 valence electrons. The van der Waals surface area contributed by atoms with Crippen molar-refractivity contribution >= 4 is 40.0 Å². The van der Waals surface area contributed by atoms with Gasteiger partial charge < -0.3 is 9.73 Å². The van der Waals surface area contributed by atoms with Crippen LogP contribution in [0.3, 0.4) is 0 Å². The Hall–Kier alpha value is -2.80. The van der Waals surface area contributed by atoms with Crippen molar-refractivity contribution in [3.8, 4) is 0 Å². The second kappa shape index (κ2) is 8.29. The number of furan rings is 1. The highest BCUT2D eigenvalue weighted by Crippen LogP contribution is 2.32. The van der Waals surface area contributed by atoms with E-state index in [1.807, 2.05) is 23.5 Å². The van der Waals surface area contributed by atoms with E-state index in [-0.39, 0.29) is 11.2 Å². The van der Waals surface area contributed by atoms with Crippen LogP contribution in [0.15, 0.2) is 52.4 Å². The van der Waals surface area contributed by atoms with Crippen LogP contribution >= 0.6 is 11.8 Å². The van der Waals surface area contributed by atoms with Gasteiger partial charge in [0.1, 0.15) is 11.4 Å². The van der Waals surface area contributed by atoms with Crippen molar-refractivity contribution in [3.63, 3.8) is 0 Å². The summed E-state index contributed by atoms with van der Waals surface area (Å²) in [6, 6.07) is 10.0. The highest BCUT2D eigenvalue weighted by Gasteiger charge is 2.23. The smallest absolute Gasteiger partial charge is 0.237 e. The molecule has 3 heterocycles. The summed E-state index contributed by atoms with van der Waals surface area (Å²) in [6.07, 6.45) is 5.76. The molecule has 4 aromatic rings. The molecule has 3 aromatic heterocycles. The highest BCUT2D eigenvalue weighted by molar-refractivity contribution is 8.00. The van der Waals surface area contributed by atoms with Crippen molar-refractivity contribution in [1.82, 2.24) is 14.6 Å². The van der Waals surface area contributed by atoms with Gasteiger partial charge in [-0.25, -0.2) is 0 Å². The van der Waals surface area contributed by atoms with Crippen molar-refractivity contribution in [2.45, 2.75) is 50.3 Å². The van der Waals surface area contributed by atoms with Crippen LogP contribution in [0.1, 0.15) is 38.3 Å². The van der Waals surface area contributed by atoms with Gasteiger partial charge in [-0.05, 0) is 30.4 Å². The maximum Gasteiger partial charge on any atom is 0.237 e. The molecule has 0 spiro atoms. The summed E-state index contributed by atoms with van der Waals surface area (Å²) in [4.78, 5) is 13.1. The van der Waals surface area contributed by atoms with Crippen LogP contribution in [0.25, 0.3) is 16.6 Å². The van der Waals surface area contributed by atoms with Crippen molar-refractivity contribution < 1.29 is 9.21 Å². The minimum Gasteiger partial charge on any atom is -0.463 e. The molecule has 1 amide bonds. The lowest BCUT2D eigenvalue weighted by Crippen LogP contribution is -2.26. The van der Waals surface area contributed by atoms with E-state index in [9.17, 15) is 4.79 Å². The number of amides is 1. The van der Waals surface area contributed by atoms with Gasteiger partial charge in [0, 0.05) is 17.8 Å². The van der Waals surface area contributed by atoms with Crippen LogP contribution in [0, 0.1) is 0 Å². The van der Waals surface area contributed by atoms with E-state index in [4.69, 9.17) is 4.42 Å². The molecular weight excluding hydrogens is 384 g/mol. The van der Waals surface area contributed by atoms with Crippen LogP contribution in [-0.2, 0) is 17.6 Å². The topological polar surface area (TPSA) is 72.4 Å². The maximum atomic E-state index is 13.1. The van der Waals surface area contributed by atoms with Gasteiger partial charge >= 0.3 is 0 Å². The number of carbonyl (C=O) groups is 1. The fourth-order valence-electron chi connectivity index (χ4n) is 3.56. The monoisotopic (exact) mass is 408 g/mol. The van der Waals surface area contributed by atoms with Gasteiger partial charge in [0.05, 0.1) is 22.5 Å². The number of hydrogen-bond donors (Lipinski definition) is 1. The third-order valence-corrected chi connectivity index (χ3v) is 6.51. The summed E-state index contributed by atoms with van der Waals surface area (Å²) < 4.78 is 7.45. The van der Waals surface area contributed by atoms with Crippen molar-refractivity contribution in [2.24, 2.45) is 0 Å². The summed E-state index contributed by atoms with van der Waals surface area (Å²) >= 11 is 1.44. The first-order valence-corrected chi connectivity index (χ1v) is 10.8. The molecule has 0 aliphatic carbocycles. The number of aromatic nitrogens is 3.